The number of hydrogen-bond acceptors (Lipinski definition) is 3. The predicted molar refractivity (Wildman–Crippen MR) is 47.7 cm³/mol. The smallest absolute Gasteiger partial charge is 0.141 e. The van der Waals surface area contributed by atoms with Gasteiger partial charge in [0.15, 0.2) is 0 Å². The number of imidazole rings is 1. The van der Waals surface area contributed by atoms with Crippen molar-refractivity contribution in [2.24, 2.45) is 0 Å². The van der Waals surface area contributed by atoms with Gasteiger partial charge in [-0.3, -0.25) is 0 Å². The van der Waals surface area contributed by atoms with E-state index in [1.165, 1.54) is 0 Å². The number of nitrogen functional groups attached to an aromatic ring is 1. The summed E-state index contributed by atoms with van der Waals surface area (Å²) in [6.07, 6.45) is 4.58. The number of ether oxygens (including phenoxy) is 1. The minimum Gasteiger partial charge on any atom is -0.382 e. The lowest BCUT2D eigenvalue weighted by molar-refractivity contribution is 0.127. The number of hydrogen-bond donors (Lipinski definition) is 1. The van der Waals surface area contributed by atoms with E-state index in [1.807, 2.05) is 4.57 Å². The van der Waals surface area contributed by atoms with Crippen molar-refractivity contribution in [2.45, 2.75) is 19.9 Å². The molecule has 1 heterocycles. The largest absolute Gasteiger partial charge is 0.382 e. The average Bonchev–Trinajstić information content (AvgIpc) is 2.45. The van der Waals surface area contributed by atoms with Crippen molar-refractivity contribution in [3.8, 4) is 0 Å². The highest BCUT2D eigenvalue weighted by atomic mass is 16.5. The van der Waals surface area contributed by atoms with E-state index in [-0.39, 0.29) is 0 Å². The van der Waals surface area contributed by atoms with Gasteiger partial charge in [-0.15, -0.1) is 0 Å². The molecule has 0 saturated heterocycles. The molecule has 0 amide bonds. The second kappa shape index (κ2) is 4.77. The van der Waals surface area contributed by atoms with Crippen LogP contribution >= 0.6 is 0 Å². The zero-order valence-corrected chi connectivity index (χ0v) is 7.36. The molecule has 0 aromatic carbocycles. The van der Waals surface area contributed by atoms with Gasteiger partial charge in [0.1, 0.15) is 5.82 Å². The van der Waals surface area contributed by atoms with Gasteiger partial charge in [-0.05, 0) is 6.42 Å². The summed E-state index contributed by atoms with van der Waals surface area (Å²) in [7, 11) is 0. The quantitative estimate of drug-likeness (QED) is 0.666. The summed E-state index contributed by atoms with van der Waals surface area (Å²) in [6, 6.07) is 0. The Kier molecular flexibility index (Phi) is 3.60. The summed E-state index contributed by atoms with van der Waals surface area (Å²) in [6.45, 7) is 4.47. The van der Waals surface area contributed by atoms with Gasteiger partial charge < -0.3 is 15.0 Å². The summed E-state index contributed by atoms with van der Waals surface area (Å²) < 4.78 is 7.23. The molecule has 0 aliphatic heterocycles. The molecule has 0 aliphatic rings. The first-order chi connectivity index (χ1) is 5.83. The molecule has 1 aromatic rings. The molecular weight excluding hydrogens is 154 g/mol. The first-order valence-electron chi connectivity index (χ1n) is 4.18. The number of aromatic nitrogens is 2. The third kappa shape index (κ3) is 2.92. The van der Waals surface area contributed by atoms with Crippen LogP contribution in [0, 0.1) is 0 Å². The molecule has 0 radical (unpaired) electrons. The molecular formula is C8H15N3O. The van der Waals surface area contributed by atoms with Crippen LogP contribution in [-0.2, 0) is 11.3 Å². The third-order valence-electron chi connectivity index (χ3n) is 1.50. The molecule has 4 nitrogen and oxygen atoms in total. The lowest BCUT2D eigenvalue weighted by atomic mass is 10.5. The molecule has 0 atom stereocenters. The average molecular weight is 169 g/mol. The second-order valence-corrected chi connectivity index (χ2v) is 2.65. The minimum atomic E-state index is 0.561. The van der Waals surface area contributed by atoms with Crippen molar-refractivity contribution in [3.05, 3.63) is 12.5 Å². The van der Waals surface area contributed by atoms with Crippen molar-refractivity contribution in [1.29, 1.82) is 0 Å². The Labute approximate surface area is 72.3 Å². The first kappa shape index (κ1) is 9.06. The standard InChI is InChI=1S/C8H15N3O/c1-2-4-12-5-3-11-6-8(9)10-7-11/h6-7H,2-5,9H2,1H3. The van der Waals surface area contributed by atoms with Crippen molar-refractivity contribution in [2.75, 3.05) is 18.9 Å². The zero-order chi connectivity index (χ0) is 8.81. The van der Waals surface area contributed by atoms with E-state index >= 15 is 0 Å². The topological polar surface area (TPSA) is 53.1 Å². The summed E-state index contributed by atoms with van der Waals surface area (Å²) >= 11 is 0. The van der Waals surface area contributed by atoms with E-state index < -0.39 is 0 Å². The fourth-order valence-electron chi connectivity index (χ4n) is 0.916. The molecule has 0 unspecified atom stereocenters. The maximum atomic E-state index is 5.44. The van der Waals surface area contributed by atoms with Crippen LogP contribution in [0.3, 0.4) is 0 Å². The summed E-state index contributed by atoms with van der Waals surface area (Å²) in [5.41, 5.74) is 5.44. The molecule has 68 valence electrons. The Hall–Kier alpha value is -1.03. The Balaban J connectivity index is 2.15. The van der Waals surface area contributed by atoms with E-state index in [1.54, 1.807) is 12.5 Å². The Morgan fingerprint density at radius 2 is 2.42 bits per heavy atom. The molecule has 12 heavy (non-hydrogen) atoms. The fraction of sp³-hybridized carbons (Fsp3) is 0.625. The van der Waals surface area contributed by atoms with E-state index in [0.29, 0.717) is 5.82 Å². The van der Waals surface area contributed by atoms with Crippen LogP contribution in [0.5, 0.6) is 0 Å². The maximum absolute atomic E-state index is 5.44. The summed E-state index contributed by atoms with van der Waals surface area (Å²) in [4.78, 5) is 3.90. The van der Waals surface area contributed by atoms with Crippen molar-refractivity contribution in [3.63, 3.8) is 0 Å². The van der Waals surface area contributed by atoms with Gasteiger partial charge in [0, 0.05) is 19.3 Å². The van der Waals surface area contributed by atoms with E-state index in [4.69, 9.17) is 10.5 Å². The van der Waals surface area contributed by atoms with Gasteiger partial charge in [0.25, 0.3) is 0 Å². The van der Waals surface area contributed by atoms with Crippen LogP contribution in [0.25, 0.3) is 0 Å². The predicted octanol–water partition coefficient (Wildman–Crippen LogP) is 0.892. The molecule has 1 rings (SSSR count). The highest BCUT2D eigenvalue weighted by molar-refractivity contribution is 5.22. The molecule has 1 aromatic heterocycles. The molecule has 0 aliphatic carbocycles. The van der Waals surface area contributed by atoms with Gasteiger partial charge in [0.05, 0.1) is 12.9 Å². The SMILES string of the molecule is CCCOCCn1cnc(N)c1. The van der Waals surface area contributed by atoms with E-state index in [0.717, 1.165) is 26.2 Å². The number of nitrogens with zero attached hydrogens (tertiary/aromatic N) is 2. The Bertz CT molecular complexity index is 222. The highest BCUT2D eigenvalue weighted by Gasteiger charge is 1.92. The van der Waals surface area contributed by atoms with Gasteiger partial charge in [-0.2, -0.15) is 0 Å². The summed E-state index contributed by atoms with van der Waals surface area (Å²) in [5.74, 6) is 0.561. The molecule has 0 bridgehead atoms. The minimum absolute atomic E-state index is 0.561. The Morgan fingerprint density at radius 1 is 1.58 bits per heavy atom. The van der Waals surface area contributed by atoms with Gasteiger partial charge in [0.2, 0.25) is 0 Å². The van der Waals surface area contributed by atoms with E-state index in [9.17, 15) is 0 Å². The van der Waals surface area contributed by atoms with Gasteiger partial charge >= 0.3 is 0 Å². The van der Waals surface area contributed by atoms with Crippen molar-refractivity contribution < 1.29 is 4.74 Å². The van der Waals surface area contributed by atoms with Crippen LogP contribution in [-0.4, -0.2) is 22.8 Å². The van der Waals surface area contributed by atoms with Crippen molar-refractivity contribution in [1.82, 2.24) is 9.55 Å². The monoisotopic (exact) mass is 169 g/mol. The van der Waals surface area contributed by atoms with E-state index in [2.05, 4.69) is 11.9 Å². The highest BCUT2D eigenvalue weighted by Crippen LogP contribution is 1.95. The normalized spacial score (nSPS) is 10.4. The number of rotatable bonds is 5. The zero-order valence-electron chi connectivity index (χ0n) is 7.36. The molecule has 2 N–H and O–H groups in total. The fourth-order valence-corrected chi connectivity index (χ4v) is 0.916. The lowest BCUT2D eigenvalue weighted by Gasteiger charge is -2.02. The molecule has 4 heteroatoms. The van der Waals surface area contributed by atoms with Crippen LogP contribution in [0.1, 0.15) is 13.3 Å². The van der Waals surface area contributed by atoms with Crippen LogP contribution in [0.4, 0.5) is 5.82 Å². The number of anilines is 1. The van der Waals surface area contributed by atoms with Gasteiger partial charge in [-0.1, -0.05) is 6.92 Å². The van der Waals surface area contributed by atoms with Crippen LogP contribution < -0.4 is 5.73 Å². The van der Waals surface area contributed by atoms with Crippen LogP contribution in [0.15, 0.2) is 12.5 Å². The maximum Gasteiger partial charge on any atom is 0.141 e. The third-order valence-corrected chi connectivity index (χ3v) is 1.50. The molecule has 0 fully saturated rings. The molecule has 0 saturated carbocycles. The van der Waals surface area contributed by atoms with Gasteiger partial charge in [-0.25, -0.2) is 4.98 Å². The van der Waals surface area contributed by atoms with Crippen LogP contribution in [0.2, 0.25) is 0 Å². The second-order valence-electron chi connectivity index (χ2n) is 2.65. The van der Waals surface area contributed by atoms with Crippen molar-refractivity contribution >= 4 is 5.82 Å². The summed E-state index contributed by atoms with van der Waals surface area (Å²) in [5, 5.41) is 0. The Morgan fingerprint density at radius 3 is 3.00 bits per heavy atom. The lowest BCUT2D eigenvalue weighted by Crippen LogP contribution is -2.04. The molecule has 0 spiro atoms. The number of nitrogens with two attached hydrogens (primary N) is 1. The first-order valence-corrected chi connectivity index (χ1v) is 4.18.